The van der Waals surface area contributed by atoms with Crippen LogP contribution in [0.2, 0.25) is 0 Å². The molecule has 0 aromatic carbocycles. The van der Waals surface area contributed by atoms with Crippen molar-refractivity contribution in [3.63, 3.8) is 0 Å². The Morgan fingerprint density at radius 1 is 1.21 bits per heavy atom. The maximum absolute atomic E-state index is 11.5. The molecule has 0 aliphatic heterocycles. The van der Waals surface area contributed by atoms with Crippen LogP contribution in [-0.2, 0) is 4.74 Å². The van der Waals surface area contributed by atoms with Crippen LogP contribution in [0, 0.1) is 11.8 Å². The van der Waals surface area contributed by atoms with Gasteiger partial charge in [-0.15, -0.1) is 0 Å². The highest BCUT2D eigenvalue weighted by atomic mass is 16.6. The fourth-order valence-corrected chi connectivity index (χ4v) is 3.22. The Hall–Kier alpha value is -1.06. The minimum Gasteiger partial charge on any atom is -0.443 e. The van der Waals surface area contributed by atoms with E-state index in [1.807, 2.05) is 20.8 Å². The van der Waals surface area contributed by atoms with E-state index in [-0.39, 0.29) is 0 Å². The van der Waals surface area contributed by atoms with E-state index in [2.05, 4.69) is 10.5 Å². The Kier molecular flexibility index (Phi) is 4.48. The molecule has 0 unspecified atom stereocenters. The molecule has 0 spiro atoms. The van der Waals surface area contributed by atoms with Gasteiger partial charge in [0.25, 0.3) is 0 Å². The molecule has 2 aliphatic carbocycles. The number of nitrogens with one attached hydrogen (secondary N) is 1. The fourth-order valence-electron chi connectivity index (χ4n) is 3.22. The van der Waals surface area contributed by atoms with Crippen LogP contribution < -0.4 is 5.43 Å². The molecule has 2 fully saturated rings. The van der Waals surface area contributed by atoms with Gasteiger partial charge in [-0.1, -0.05) is 19.3 Å². The zero-order valence-electron chi connectivity index (χ0n) is 12.4. The number of carbonyl (C=O) groups excluding carboxylic acids is 1. The van der Waals surface area contributed by atoms with Crippen LogP contribution in [0.5, 0.6) is 0 Å². The van der Waals surface area contributed by atoms with Gasteiger partial charge in [0.1, 0.15) is 5.60 Å². The van der Waals surface area contributed by atoms with Crippen molar-refractivity contribution in [3.05, 3.63) is 0 Å². The zero-order chi connectivity index (χ0) is 13.9. The number of hydrogen-bond acceptors (Lipinski definition) is 3. The Balaban J connectivity index is 1.82. The van der Waals surface area contributed by atoms with Crippen molar-refractivity contribution in [1.29, 1.82) is 0 Å². The molecule has 0 radical (unpaired) electrons. The summed E-state index contributed by atoms with van der Waals surface area (Å²) < 4.78 is 5.18. The molecule has 0 heterocycles. The molecule has 1 N–H and O–H groups in total. The summed E-state index contributed by atoms with van der Waals surface area (Å²) in [6, 6.07) is 0. The first-order valence-electron chi connectivity index (χ1n) is 7.48. The average Bonchev–Trinajstić information content (AvgIpc) is 2.34. The summed E-state index contributed by atoms with van der Waals surface area (Å²) >= 11 is 0. The van der Waals surface area contributed by atoms with Gasteiger partial charge in [0.05, 0.1) is 0 Å². The SMILES string of the molecule is CC(C)(C)OC(=O)N/N=C1/CC[C@@H]2CCCC[C@H]2C1. The summed E-state index contributed by atoms with van der Waals surface area (Å²) in [4.78, 5) is 11.5. The molecule has 4 heteroatoms. The van der Waals surface area contributed by atoms with E-state index in [1.54, 1.807) is 0 Å². The molecular formula is C15H26N2O2. The average molecular weight is 266 g/mol. The van der Waals surface area contributed by atoms with Crippen LogP contribution >= 0.6 is 0 Å². The number of hydrogen-bond donors (Lipinski definition) is 1. The van der Waals surface area contributed by atoms with Gasteiger partial charge in [-0.05, 0) is 58.3 Å². The minimum atomic E-state index is -0.467. The lowest BCUT2D eigenvalue weighted by Crippen LogP contribution is -2.32. The molecule has 19 heavy (non-hydrogen) atoms. The number of hydrazone groups is 1. The summed E-state index contributed by atoms with van der Waals surface area (Å²) in [6.45, 7) is 5.56. The van der Waals surface area contributed by atoms with Gasteiger partial charge in [-0.2, -0.15) is 5.10 Å². The Morgan fingerprint density at radius 2 is 1.89 bits per heavy atom. The zero-order valence-corrected chi connectivity index (χ0v) is 12.4. The number of amides is 1. The summed E-state index contributed by atoms with van der Waals surface area (Å²) in [5.41, 5.74) is 3.20. The molecule has 4 nitrogen and oxygen atoms in total. The summed E-state index contributed by atoms with van der Waals surface area (Å²) in [7, 11) is 0. The molecule has 2 atom stereocenters. The second-order valence-electron chi connectivity index (χ2n) is 6.84. The van der Waals surface area contributed by atoms with Crippen LogP contribution in [0.4, 0.5) is 4.79 Å². The Morgan fingerprint density at radius 3 is 2.58 bits per heavy atom. The smallest absolute Gasteiger partial charge is 0.428 e. The predicted octanol–water partition coefficient (Wildman–Crippen LogP) is 3.86. The highest BCUT2D eigenvalue weighted by molar-refractivity contribution is 5.86. The normalized spacial score (nSPS) is 29.7. The molecule has 108 valence electrons. The standard InChI is InChI=1S/C15H26N2O2/c1-15(2,3)19-14(18)17-16-13-9-8-11-6-4-5-7-12(11)10-13/h11-12H,4-10H2,1-3H3,(H,17,18)/b16-13-/t11-,12-/m0/s1. The van der Waals surface area contributed by atoms with Crippen LogP contribution in [0.3, 0.4) is 0 Å². The topological polar surface area (TPSA) is 50.7 Å². The van der Waals surface area contributed by atoms with Gasteiger partial charge < -0.3 is 4.74 Å². The third-order valence-electron chi connectivity index (χ3n) is 4.07. The number of nitrogens with zero attached hydrogens (tertiary/aromatic N) is 1. The van der Waals surface area contributed by atoms with Gasteiger partial charge in [0.15, 0.2) is 0 Å². The highest BCUT2D eigenvalue weighted by Crippen LogP contribution is 2.39. The van der Waals surface area contributed by atoms with E-state index < -0.39 is 11.7 Å². The molecule has 2 saturated carbocycles. The molecule has 0 saturated heterocycles. The largest absolute Gasteiger partial charge is 0.443 e. The van der Waals surface area contributed by atoms with Crippen LogP contribution in [0.1, 0.15) is 65.7 Å². The van der Waals surface area contributed by atoms with Crippen molar-refractivity contribution < 1.29 is 9.53 Å². The monoisotopic (exact) mass is 266 g/mol. The van der Waals surface area contributed by atoms with Crippen molar-refractivity contribution >= 4 is 11.8 Å². The molecule has 0 aromatic rings. The van der Waals surface area contributed by atoms with E-state index in [0.29, 0.717) is 0 Å². The lowest BCUT2D eigenvalue weighted by Gasteiger charge is -2.35. The van der Waals surface area contributed by atoms with E-state index >= 15 is 0 Å². The van der Waals surface area contributed by atoms with Gasteiger partial charge >= 0.3 is 6.09 Å². The minimum absolute atomic E-state index is 0.453. The van der Waals surface area contributed by atoms with Crippen molar-refractivity contribution in [2.24, 2.45) is 16.9 Å². The molecule has 2 rings (SSSR count). The third kappa shape index (κ3) is 4.51. The Bertz CT molecular complexity index is 358. The van der Waals surface area contributed by atoms with Crippen molar-refractivity contribution in [1.82, 2.24) is 5.43 Å². The van der Waals surface area contributed by atoms with Gasteiger partial charge in [0.2, 0.25) is 0 Å². The lowest BCUT2D eigenvalue weighted by molar-refractivity contribution is 0.0528. The van der Waals surface area contributed by atoms with Gasteiger partial charge in [-0.3, -0.25) is 0 Å². The highest BCUT2D eigenvalue weighted by Gasteiger charge is 2.30. The second kappa shape index (κ2) is 5.93. The van der Waals surface area contributed by atoms with Gasteiger partial charge in [0, 0.05) is 5.71 Å². The summed E-state index contributed by atoms with van der Waals surface area (Å²) in [6.07, 6.45) is 8.33. The molecule has 0 aromatic heterocycles. The van der Waals surface area contributed by atoms with Gasteiger partial charge in [-0.25, -0.2) is 10.2 Å². The third-order valence-corrected chi connectivity index (χ3v) is 4.07. The molecule has 2 aliphatic rings. The molecular weight excluding hydrogens is 240 g/mol. The van der Waals surface area contributed by atoms with Crippen molar-refractivity contribution in [2.75, 3.05) is 0 Å². The van der Waals surface area contributed by atoms with E-state index in [0.717, 1.165) is 30.4 Å². The molecule has 0 bridgehead atoms. The lowest BCUT2D eigenvalue weighted by atomic mass is 9.70. The predicted molar refractivity (Wildman–Crippen MR) is 76.1 cm³/mol. The van der Waals surface area contributed by atoms with Crippen LogP contribution in [-0.4, -0.2) is 17.4 Å². The first kappa shape index (κ1) is 14.4. The quantitative estimate of drug-likeness (QED) is 0.733. The number of rotatable bonds is 1. The summed E-state index contributed by atoms with van der Waals surface area (Å²) in [5, 5.41) is 4.25. The maximum Gasteiger partial charge on any atom is 0.428 e. The number of carbonyl (C=O) groups is 1. The first-order valence-corrected chi connectivity index (χ1v) is 7.48. The number of ether oxygens (including phenoxy) is 1. The second-order valence-corrected chi connectivity index (χ2v) is 6.84. The van der Waals surface area contributed by atoms with Crippen LogP contribution in [0.25, 0.3) is 0 Å². The van der Waals surface area contributed by atoms with Crippen LogP contribution in [0.15, 0.2) is 5.10 Å². The van der Waals surface area contributed by atoms with Crippen molar-refractivity contribution in [3.8, 4) is 0 Å². The number of fused-ring (bicyclic) bond motifs is 1. The fraction of sp³-hybridized carbons (Fsp3) is 0.867. The van der Waals surface area contributed by atoms with E-state index in [1.165, 1.54) is 32.1 Å². The Labute approximate surface area is 116 Å². The van der Waals surface area contributed by atoms with E-state index in [4.69, 9.17) is 4.74 Å². The van der Waals surface area contributed by atoms with E-state index in [9.17, 15) is 4.79 Å². The molecule has 1 amide bonds. The first-order chi connectivity index (χ1) is 8.94. The summed E-state index contributed by atoms with van der Waals surface area (Å²) in [5.74, 6) is 1.69. The van der Waals surface area contributed by atoms with Crippen molar-refractivity contribution in [2.45, 2.75) is 71.3 Å². The maximum atomic E-state index is 11.5.